The van der Waals surface area contributed by atoms with Gasteiger partial charge in [0.25, 0.3) is 11.4 Å². The number of aromatic nitrogens is 2. The fourth-order valence-corrected chi connectivity index (χ4v) is 11.0. The van der Waals surface area contributed by atoms with Crippen molar-refractivity contribution in [3.05, 3.63) is 265 Å². The summed E-state index contributed by atoms with van der Waals surface area (Å²) >= 11 is 0. The molecule has 0 unspecified atom stereocenters. The van der Waals surface area contributed by atoms with Gasteiger partial charge in [0.15, 0.2) is 0 Å². The minimum Gasteiger partial charge on any atom is -0.457 e. The van der Waals surface area contributed by atoms with Crippen molar-refractivity contribution in [2.45, 2.75) is 31.6 Å². The van der Waals surface area contributed by atoms with E-state index in [1.165, 1.54) is 44.3 Å². The van der Waals surface area contributed by atoms with Crippen LogP contribution < -0.4 is 13.9 Å². The normalized spacial score (nSPS) is 13.4. The Kier molecular flexibility index (Phi) is 9.52. The Labute approximate surface area is 407 Å². The van der Waals surface area contributed by atoms with Gasteiger partial charge in [-0.25, -0.2) is 4.98 Å². The first-order chi connectivity index (χ1) is 34.3. The number of benzene rings is 9. The highest BCUT2D eigenvalue weighted by Crippen LogP contribution is 2.57. The van der Waals surface area contributed by atoms with Crippen molar-refractivity contribution < 1.29 is 4.74 Å². The van der Waals surface area contributed by atoms with E-state index in [9.17, 15) is 0 Å². The fraction of sp³-hybridized carbons (Fsp3) is 0.0769. The molecule has 2 aromatic heterocycles. The van der Waals surface area contributed by atoms with Crippen LogP contribution in [0.2, 0.25) is 0 Å². The highest BCUT2D eigenvalue weighted by atomic mass is 16.5. The Balaban J connectivity index is 0.902. The van der Waals surface area contributed by atoms with Crippen LogP contribution in [0.5, 0.6) is 11.5 Å². The molecule has 0 spiro atoms. The Hall–Kier alpha value is -8.89. The van der Waals surface area contributed by atoms with Crippen molar-refractivity contribution in [3.63, 3.8) is 0 Å². The van der Waals surface area contributed by atoms with E-state index in [1.54, 1.807) is 0 Å². The van der Waals surface area contributed by atoms with Gasteiger partial charge in [-0.3, -0.25) is 4.57 Å². The molecule has 5 nitrogen and oxygen atoms in total. The lowest BCUT2D eigenvalue weighted by Crippen LogP contribution is -2.28. The van der Waals surface area contributed by atoms with Crippen molar-refractivity contribution in [2.24, 2.45) is 0 Å². The minimum atomic E-state index is -0.455. The summed E-state index contributed by atoms with van der Waals surface area (Å²) in [6, 6.07) is 86.5. The van der Waals surface area contributed by atoms with Crippen LogP contribution in [0.4, 0.5) is 22.7 Å². The van der Waals surface area contributed by atoms with Gasteiger partial charge in [-0.15, -0.1) is 0 Å². The van der Waals surface area contributed by atoms with Crippen LogP contribution in [-0.2, 0) is 10.8 Å². The average molecular weight is 901 g/mol. The van der Waals surface area contributed by atoms with Crippen LogP contribution >= 0.6 is 0 Å². The third-order valence-corrected chi connectivity index (χ3v) is 14.3. The van der Waals surface area contributed by atoms with Gasteiger partial charge in [0.1, 0.15) is 17.3 Å². The number of ether oxygens (including phenoxy) is 1. The summed E-state index contributed by atoms with van der Waals surface area (Å²) in [7, 11) is 0. The van der Waals surface area contributed by atoms with E-state index >= 15 is 0 Å². The summed E-state index contributed by atoms with van der Waals surface area (Å²) in [5, 5.41) is 2.32. The lowest BCUT2D eigenvalue weighted by molar-refractivity contribution is 0.483. The molecule has 11 aromatic rings. The van der Waals surface area contributed by atoms with Crippen molar-refractivity contribution in [1.29, 1.82) is 0 Å². The van der Waals surface area contributed by atoms with Crippen LogP contribution in [0.25, 0.3) is 49.9 Å². The zero-order valence-electron chi connectivity index (χ0n) is 39.2. The van der Waals surface area contributed by atoms with Gasteiger partial charge in [-0.1, -0.05) is 166 Å². The number of fused-ring (bicyclic) bond motifs is 7. The second kappa shape index (κ2) is 16.1. The van der Waals surface area contributed by atoms with E-state index in [4.69, 9.17) is 9.72 Å². The number of hydrogen-bond donors (Lipinski definition) is 0. The average Bonchev–Trinajstić information content (AvgIpc) is 4.06. The summed E-state index contributed by atoms with van der Waals surface area (Å²) in [5.74, 6) is 2.36. The molecule has 0 atom stereocenters. The first-order valence-corrected chi connectivity index (χ1v) is 24.0. The van der Waals surface area contributed by atoms with Crippen molar-refractivity contribution >= 4 is 50.6 Å². The molecular weight excluding hydrogens is 853 g/mol. The number of pyridine rings is 1. The summed E-state index contributed by atoms with van der Waals surface area (Å²) in [6.07, 6.45) is 1.92. The van der Waals surface area contributed by atoms with Gasteiger partial charge in [-0.05, 0) is 108 Å². The van der Waals surface area contributed by atoms with E-state index in [0.717, 1.165) is 67.6 Å². The van der Waals surface area contributed by atoms with Crippen LogP contribution in [0, 0.1) is 0 Å². The number of para-hydroxylation sites is 4. The van der Waals surface area contributed by atoms with Crippen molar-refractivity contribution in [3.8, 4) is 39.6 Å². The molecule has 70 heavy (non-hydrogen) atoms. The Bertz CT molecular complexity index is 3910. The molecule has 0 radical (unpaired) electrons. The molecule has 9 aromatic carbocycles. The lowest BCUT2D eigenvalue weighted by Gasteiger charge is -2.33. The SMILES string of the molecule is CC(C)(C)c1ccnc(-n2c3ccccc3c3ccc(Oc4cccc([N+]5=C=[N+](c6ccccc6-c6ccc7c(c6)-c6ccccc6C7(c6ccccc6)c6ccccc6)c6ccccc65)c4)cc32)c1. The third kappa shape index (κ3) is 6.51. The zero-order chi connectivity index (χ0) is 47.0. The van der Waals surface area contributed by atoms with Crippen LogP contribution in [0.3, 0.4) is 0 Å². The van der Waals surface area contributed by atoms with Crippen molar-refractivity contribution in [1.82, 2.24) is 18.7 Å². The molecule has 0 fully saturated rings. The lowest BCUT2D eigenvalue weighted by atomic mass is 9.67. The predicted octanol–water partition coefficient (Wildman–Crippen LogP) is 16.2. The molecule has 5 heteroatoms. The summed E-state index contributed by atoms with van der Waals surface area (Å²) in [5.41, 5.74) is 16.8. The van der Waals surface area contributed by atoms with Gasteiger partial charge in [0.05, 0.1) is 28.1 Å². The monoisotopic (exact) mass is 900 g/mol. The van der Waals surface area contributed by atoms with Gasteiger partial charge in [0, 0.05) is 47.3 Å². The standard InChI is InChI=1S/C65H48N4O/c1-64(2,3)47-37-38-66-63(40-47)69-59-30-15-12-27-53(59)54-35-34-50(42-62(54)69)70-49-24-18-23-48(41-49)67-43-68(61-32-17-16-31-60(61)67)58-29-14-11-25-51(58)44-33-36-57-55(39-44)52-26-10-13-28-56(52)65(57,45-19-6-4-7-20-45)46-21-8-5-9-22-46/h4-42H,1-3H3/q+2. The van der Waals surface area contributed by atoms with E-state index < -0.39 is 5.41 Å². The van der Waals surface area contributed by atoms with E-state index in [2.05, 4.69) is 265 Å². The molecule has 0 amide bonds. The quantitative estimate of drug-likeness (QED) is 0.142. The summed E-state index contributed by atoms with van der Waals surface area (Å²) in [6.45, 7) is 6.71. The summed E-state index contributed by atoms with van der Waals surface area (Å²) in [4.78, 5) is 4.89. The first kappa shape index (κ1) is 41.3. The van der Waals surface area contributed by atoms with Crippen molar-refractivity contribution in [2.75, 3.05) is 0 Å². The molecule has 0 N–H and O–H groups in total. The predicted molar refractivity (Wildman–Crippen MR) is 287 cm³/mol. The maximum atomic E-state index is 6.76. The maximum absolute atomic E-state index is 6.76. The second-order valence-electron chi connectivity index (χ2n) is 19.3. The van der Waals surface area contributed by atoms with Crippen LogP contribution in [-0.4, -0.2) is 15.6 Å². The molecule has 0 saturated heterocycles. The first-order valence-electron chi connectivity index (χ1n) is 24.0. The van der Waals surface area contributed by atoms with Gasteiger partial charge in [0.2, 0.25) is 11.4 Å². The Morgan fingerprint density at radius 2 is 1.10 bits per heavy atom. The molecule has 2 aliphatic rings. The van der Waals surface area contributed by atoms with Gasteiger partial charge in [-0.2, -0.15) is 0 Å². The molecule has 13 rings (SSSR count). The van der Waals surface area contributed by atoms with Gasteiger partial charge >= 0.3 is 6.01 Å². The summed E-state index contributed by atoms with van der Waals surface area (Å²) < 4.78 is 13.4. The highest BCUT2D eigenvalue weighted by molar-refractivity contribution is 6.09. The molecule has 1 aliphatic heterocycles. The smallest absolute Gasteiger partial charge is 0.457 e. The molecule has 3 heterocycles. The maximum Gasteiger partial charge on any atom is 0.503 e. The molecular formula is C65H48N4O+2. The number of rotatable bonds is 8. The van der Waals surface area contributed by atoms with E-state index in [0.29, 0.717) is 0 Å². The van der Waals surface area contributed by atoms with Gasteiger partial charge < -0.3 is 4.74 Å². The Morgan fingerprint density at radius 3 is 1.87 bits per heavy atom. The number of hydrogen-bond acceptors (Lipinski definition) is 2. The van der Waals surface area contributed by atoms with Crippen LogP contribution in [0.1, 0.15) is 48.6 Å². The second-order valence-corrected chi connectivity index (χ2v) is 19.3. The molecule has 0 bridgehead atoms. The minimum absolute atomic E-state index is 0.0170. The number of nitrogens with zero attached hydrogens (tertiary/aromatic N) is 4. The van der Waals surface area contributed by atoms with E-state index in [-0.39, 0.29) is 5.41 Å². The third-order valence-electron chi connectivity index (χ3n) is 14.3. The molecule has 332 valence electrons. The fourth-order valence-electron chi connectivity index (χ4n) is 11.0. The highest BCUT2D eigenvalue weighted by Gasteiger charge is 2.46. The molecule has 1 aliphatic carbocycles. The Morgan fingerprint density at radius 1 is 0.471 bits per heavy atom. The largest absolute Gasteiger partial charge is 0.503 e. The topological polar surface area (TPSA) is 33.1 Å². The van der Waals surface area contributed by atoms with Crippen LogP contribution in [0.15, 0.2) is 237 Å². The van der Waals surface area contributed by atoms with E-state index in [1.807, 2.05) is 12.3 Å². The molecule has 0 saturated carbocycles. The zero-order valence-corrected chi connectivity index (χ0v) is 39.2.